The number of amides is 1. The Labute approximate surface area is 209 Å². The van der Waals surface area contributed by atoms with Gasteiger partial charge in [0.15, 0.2) is 5.69 Å². The molecule has 36 heavy (non-hydrogen) atoms. The second-order valence-electron chi connectivity index (χ2n) is 9.36. The van der Waals surface area contributed by atoms with E-state index in [2.05, 4.69) is 62.9 Å². The van der Waals surface area contributed by atoms with Gasteiger partial charge in [-0.15, -0.1) is 0 Å². The first-order valence-corrected chi connectivity index (χ1v) is 12.4. The molecule has 0 saturated carbocycles. The highest BCUT2D eigenvalue weighted by Gasteiger charge is 2.28. The van der Waals surface area contributed by atoms with Crippen LogP contribution < -0.4 is 5.32 Å². The third-order valence-electron chi connectivity index (χ3n) is 7.13. The van der Waals surface area contributed by atoms with Gasteiger partial charge in [-0.05, 0) is 28.0 Å². The largest absolute Gasteiger partial charge is 0.394 e. The van der Waals surface area contributed by atoms with E-state index >= 15 is 0 Å². The average Bonchev–Trinajstić information content (AvgIpc) is 3.49. The van der Waals surface area contributed by atoms with Gasteiger partial charge in [-0.2, -0.15) is 5.10 Å². The van der Waals surface area contributed by atoms with Crippen molar-refractivity contribution in [1.82, 2.24) is 25.0 Å². The van der Waals surface area contributed by atoms with Gasteiger partial charge in [0.1, 0.15) is 0 Å². The molecule has 0 bridgehead atoms. The molecule has 7 nitrogen and oxygen atoms in total. The van der Waals surface area contributed by atoms with Gasteiger partial charge < -0.3 is 15.4 Å². The fraction of sp³-hybridized carbons (Fsp3) is 0.241. The predicted molar refractivity (Wildman–Crippen MR) is 141 cm³/mol. The SMILES string of the molecule is O=C(NCc1cccc2ccccc12)c1nn(CCO)c2c1CN(Cc1c[nH]c3ccccc13)CC2. The van der Waals surface area contributed by atoms with Crippen molar-refractivity contribution in [2.45, 2.75) is 32.6 Å². The number of benzene rings is 3. The summed E-state index contributed by atoms with van der Waals surface area (Å²) in [5, 5.41) is 20.8. The molecule has 182 valence electrons. The fourth-order valence-corrected chi connectivity index (χ4v) is 5.35. The molecule has 2 aromatic heterocycles. The molecule has 1 aliphatic rings. The number of aliphatic hydroxyl groups excluding tert-OH is 1. The van der Waals surface area contributed by atoms with E-state index in [0.29, 0.717) is 25.3 Å². The van der Waals surface area contributed by atoms with Crippen molar-refractivity contribution in [2.24, 2.45) is 0 Å². The Hall–Kier alpha value is -3.94. The number of rotatable bonds is 7. The van der Waals surface area contributed by atoms with Gasteiger partial charge in [0.05, 0.1) is 13.2 Å². The first kappa shape index (κ1) is 22.5. The lowest BCUT2D eigenvalue weighted by Gasteiger charge is -2.27. The number of H-pyrrole nitrogens is 1. The van der Waals surface area contributed by atoms with Crippen LogP contribution in [0.5, 0.6) is 0 Å². The normalized spacial score (nSPS) is 13.8. The Morgan fingerprint density at radius 1 is 1.00 bits per heavy atom. The summed E-state index contributed by atoms with van der Waals surface area (Å²) < 4.78 is 1.81. The molecule has 0 atom stereocenters. The van der Waals surface area contributed by atoms with Gasteiger partial charge >= 0.3 is 0 Å². The summed E-state index contributed by atoms with van der Waals surface area (Å²) in [5.41, 5.74) is 5.93. The standard InChI is InChI=1S/C29H29N5O2/c35-15-14-34-27-12-13-33(18-22-17-30-26-11-4-3-10-24(22)26)19-25(27)28(32-34)29(36)31-16-21-8-5-7-20-6-1-2-9-23(20)21/h1-11,17,30,35H,12-16,18-19H2,(H,31,36). The van der Waals surface area contributed by atoms with Crippen LogP contribution in [0.2, 0.25) is 0 Å². The summed E-state index contributed by atoms with van der Waals surface area (Å²) in [5.74, 6) is -0.176. The first-order valence-electron chi connectivity index (χ1n) is 12.4. The van der Waals surface area contributed by atoms with Gasteiger partial charge in [0.25, 0.3) is 5.91 Å². The number of nitrogens with zero attached hydrogens (tertiary/aromatic N) is 3. The summed E-state index contributed by atoms with van der Waals surface area (Å²) >= 11 is 0. The molecular weight excluding hydrogens is 450 g/mol. The Bertz CT molecular complexity index is 1540. The molecule has 1 aliphatic heterocycles. The van der Waals surface area contributed by atoms with Crippen LogP contribution in [0, 0.1) is 0 Å². The lowest BCUT2D eigenvalue weighted by molar-refractivity contribution is 0.0942. The Morgan fingerprint density at radius 2 is 1.81 bits per heavy atom. The highest BCUT2D eigenvalue weighted by atomic mass is 16.3. The highest BCUT2D eigenvalue weighted by molar-refractivity contribution is 5.94. The number of aromatic nitrogens is 3. The van der Waals surface area contributed by atoms with E-state index in [4.69, 9.17) is 0 Å². The summed E-state index contributed by atoms with van der Waals surface area (Å²) in [6.45, 7) is 3.14. The van der Waals surface area contributed by atoms with Crippen molar-refractivity contribution in [3.8, 4) is 0 Å². The molecule has 0 aliphatic carbocycles. The van der Waals surface area contributed by atoms with Crippen molar-refractivity contribution in [2.75, 3.05) is 13.2 Å². The van der Waals surface area contributed by atoms with Crippen LogP contribution in [-0.4, -0.2) is 43.8 Å². The van der Waals surface area contributed by atoms with Crippen molar-refractivity contribution in [3.05, 3.63) is 101 Å². The minimum Gasteiger partial charge on any atom is -0.394 e. The average molecular weight is 480 g/mol. The van der Waals surface area contributed by atoms with Crippen molar-refractivity contribution >= 4 is 27.6 Å². The smallest absolute Gasteiger partial charge is 0.272 e. The molecule has 0 radical (unpaired) electrons. The number of nitrogens with one attached hydrogen (secondary N) is 2. The Morgan fingerprint density at radius 3 is 2.69 bits per heavy atom. The van der Waals surface area contributed by atoms with E-state index in [1.807, 2.05) is 35.0 Å². The third kappa shape index (κ3) is 4.17. The van der Waals surface area contributed by atoms with Crippen molar-refractivity contribution < 1.29 is 9.90 Å². The summed E-state index contributed by atoms with van der Waals surface area (Å²) in [4.78, 5) is 19.1. The Kier molecular flexibility index (Phi) is 6.01. The fourth-order valence-electron chi connectivity index (χ4n) is 5.35. The molecule has 0 spiro atoms. The number of carbonyl (C=O) groups excluding carboxylic acids is 1. The maximum absolute atomic E-state index is 13.4. The molecule has 3 aromatic carbocycles. The number of hydrogen-bond acceptors (Lipinski definition) is 4. The van der Waals surface area contributed by atoms with Gasteiger partial charge in [-0.1, -0.05) is 60.7 Å². The lowest BCUT2D eigenvalue weighted by Crippen LogP contribution is -2.32. The second kappa shape index (κ2) is 9.60. The van der Waals surface area contributed by atoms with E-state index in [9.17, 15) is 9.90 Å². The molecule has 5 aromatic rings. The molecule has 0 fully saturated rings. The maximum Gasteiger partial charge on any atom is 0.272 e. The van der Waals surface area contributed by atoms with Crippen LogP contribution in [0.3, 0.4) is 0 Å². The quantitative estimate of drug-likeness (QED) is 0.329. The maximum atomic E-state index is 13.4. The van der Waals surface area contributed by atoms with Gasteiger partial charge in [-0.25, -0.2) is 0 Å². The van der Waals surface area contributed by atoms with E-state index in [-0.39, 0.29) is 12.5 Å². The van der Waals surface area contributed by atoms with Crippen molar-refractivity contribution in [3.63, 3.8) is 0 Å². The van der Waals surface area contributed by atoms with Crippen LogP contribution in [0.15, 0.2) is 72.9 Å². The van der Waals surface area contributed by atoms with E-state index in [1.54, 1.807) is 0 Å². The minimum absolute atomic E-state index is 0.00969. The molecule has 3 heterocycles. The summed E-state index contributed by atoms with van der Waals surface area (Å²) in [7, 11) is 0. The zero-order chi connectivity index (χ0) is 24.5. The van der Waals surface area contributed by atoms with E-state index in [0.717, 1.165) is 52.6 Å². The second-order valence-corrected chi connectivity index (χ2v) is 9.36. The number of carbonyl (C=O) groups is 1. The van der Waals surface area contributed by atoms with E-state index in [1.165, 1.54) is 10.9 Å². The summed E-state index contributed by atoms with van der Waals surface area (Å²) in [6.07, 6.45) is 2.87. The zero-order valence-corrected chi connectivity index (χ0v) is 20.1. The number of aromatic amines is 1. The minimum atomic E-state index is -0.176. The van der Waals surface area contributed by atoms with Gasteiger partial charge in [-0.3, -0.25) is 14.4 Å². The van der Waals surface area contributed by atoms with Crippen LogP contribution in [0.1, 0.15) is 32.9 Å². The van der Waals surface area contributed by atoms with Crippen molar-refractivity contribution in [1.29, 1.82) is 0 Å². The van der Waals surface area contributed by atoms with Gasteiger partial charge in [0.2, 0.25) is 0 Å². The topological polar surface area (TPSA) is 86.2 Å². The first-order chi connectivity index (χ1) is 17.7. The summed E-state index contributed by atoms with van der Waals surface area (Å²) in [6, 6.07) is 22.7. The number of hydrogen-bond donors (Lipinski definition) is 3. The highest BCUT2D eigenvalue weighted by Crippen LogP contribution is 2.27. The predicted octanol–water partition coefficient (Wildman–Crippen LogP) is 4.00. The lowest BCUT2D eigenvalue weighted by atomic mass is 10.0. The monoisotopic (exact) mass is 479 g/mol. The van der Waals surface area contributed by atoms with Crippen LogP contribution in [0.25, 0.3) is 21.7 Å². The molecular formula is C29H29N5O2. The van der Waals surface area contributed by atoms with Crippen LogP contribution >= 0.6 is 0 Å². The zero-order valence-electron chi connectivity index (χ0n) is 20.1. The molecule has 0 unspecified atom stereocenters. The van der Waals surface area contributed by atoms with Crippen LogP contribution in [-0.2, 0) is 32.6 Å². The molecule has 0 saturated heterocycles. The number of para-hydroxylation sites is 1. The molecule has 3 N–H and O–H groups in total. The molecule has 7 heteroatoms. The number of aliphatic hydroxyl groups is 1. The molecule has 1 amide bonds. The van der Waals surface area contributed by atoms with Crippen LogP contribution in [0.4, 0.5) is 0 Å². The number of fused-ring (bicyclic) bond motifs is 3. The Balaban J connectivity index is 1.24. The molecule has 6 rings (SSSR count). The third-order valence-corrected chi connectivity index (χ3v) is 7.13. The van der Waals surface area contributed by atoms with Gasteiger partial charge in [0, 0.05) is 61.0 Å². The van der Waals surface area contributed by atoms with E-state index < -0.39 is 0 Å².